The Labute approximate surface area is 99.7 Å². The number of unbranched alkanes of at least 4 members (excludes halogenated alkanes) is 6. The molecule has 0 aliphatic carbocycles. The molecule has 0 rings (SSSR count). The maximum absolute atomic E-state index is 10.8. The van der Waals surface area contributed by atoms with Crippen LogP contribution in [0.15, 0.2) is 11.6 Å². The summed E-state index contributed by atoms with van der Waals surface area (Å²) < 4.78 is 0. The molecule has 0 saturated carbocycles. The average molecular weight is 226 g/mol. The monoisotopic (exact) mass is 226 g/mol. The highest BCUT2D eigenvalue weighted by atomic mass is 16.4. The van der Waals surface area contributed by atoms with Crippen molar-refractivity contribution in [2.45, 2.75) is 71.6 Å². The molecule has 0 aliphatic rings. The molecule has 0 unspecified atom stereocenters. The van der Waals surface area contributed by atoms with Crippen LogP contribution in [-0.4, -0.2) is 11.1 Å². The molecule has 0 radical (unpaired) electrons. The number of rotatable bonds is 10. The first kappa shape index (κ1) is 15.2. The van der Waals surface area contributed by atoms with E-state index in [1.807, 2.05) is 13.0 Å². The van der Waals surface area contributed by atoms with Crippen LogP contribution in [0.3, 0.4) is 0 Å². The molecule has 0 atom stereocenters. The highest BCUT2D eigenvalue weighted by molar-refractivity contribution is 5.86. The van der Waals surface area contributed by atoms with E-state index in [0.717, 1.165) is 19.3 Å². The lowest BCUT2D eigenvalue weighted by Crippen LogP contribution is -2.00. The van der Waals surface area contributed by atoms with E-state index in [-0.39, 0.29) is 0 Å². The second kappa shape index (κ2) is 10.7. The molecule has 0 aromatic carbocycles. The van der Waals surface area contributed by atoms with Gasteiger partial charge in [-0.1, -0.05) is 58.4 Å². The van der Waals surface area contributed by atoms with Gasteiger partial charge in [0.15, 0.2) is 0 Å². The average Bonchev–Trinajstić information content (AvgIpc) is 2.26. The Morgan fingerprint density at radius 3 is 2.19 bits per heavy atom. The predicted molar refractivity (Wildman–Crippen MR) is 68.6 cm³/mol. The normalized spacial score (nSPS) is 11.8. The van der Waals surface area contributed by atoms with E-state index in [9.17, 15) is 4.79 Å². The highest BCUT2D eigenvalue weighted by Gasteiger charge is 2.04. The number of carbonyl (C=O) groups is 1. The van der Waals surface area contributed by atoms with Gasteiger partial charge in [0.25, 0.3) is 0 Å². The minimum Gasteiger partial charge on any atom is -0.478 e. The largest absolute Gasteiger partial charge is 0.478 e. The number of allylic oxidation sites excluding steroid dienone is 1. The first-order valence-corrected chi connectivity index (χ1v) is 6.64. The second-order valence-corrected chi connectivity index (χ2v) is 4.34. The summed E-state index contributed by atoms with van der Waals surface area (Å²) in [6.45, 7) is 4.23. The van der Waals surface area contributed by atoms with Gasteiger partial charge in [-0.2, -0.15) is 0 Å². The Kier molecular flexibility index (Phi) is 10.2. The smallest absolute Gasteiger partial charge is 0.331 e. The number of carboxylic acids is 1. The molecule has 16 heavy (non-hydrogen) atoms. The number of carboxylic acid groups (broad SMARTS) is 1. The van der Waals surface area contributed by atoms with Gasteiger partial charge in [-0.15, -0.1) is 0 Å². The van der Waals surface area contributed by atoms with E-state index >= 15 is 0 Å². The molecule has 2 heteroatoms. The topological polar surface area (TPSA) is 37.3 Å². The Balaban J connectivity index is 3.58. The van der Waals surface area contributed by atoms with Gasteiger partial charge >= 0.3 is 5.97 Å². The zero-order chi connectivity index (χ0) is 12.2. The Hall–Kier alpha value is -0.790. The quantitative estimate of drug-likeness (QED) is 0.438. The summed E-state index contributed by atoms with van der Waals surface area (Å²) in [5.41, 5.74) is 0.594. The summed E-state index contributed by atoms with van der Waals surface area (Å²) in [7, 11) is 0. The van der Waals surface area contributed by atoms with Crippen LogP contribution in [0, 0.1) is 0 Å². The van der Waals surface area contributed by atoms with Gasteiger partial charge in [-0.3, -0.25) is 0 Å². The molecule has 0 heterocycles. The summed E-state index contributed by atoms with van der Waals surface area (Å²) in [5, 5.41) is 8.91. The number of aliphatic carboxylic acids is 1. The van der Waals surface area contributed by atoms with E-state index in [2.05, 4.69) is 6.92 Å². The van der Waals surface area contributed by atoms with Crippen molar-refractivity contribution in [1.82, 2.24) is 0 Å². The van der Waals surface area contributed by atoms with E-state index in [1.54, 1.807) is 0 Å². The lowest BCUT2D eigenvalue weighted by molar-refractivity contribution is -0.132. The van der Waals surface area contributed by atoms with Crippen molar-refractivity contribution in [3.05, 3.63) is 11.6 Å². The van der Waals surface area contributed by atoms with Crippen LogP contribution in [0.1, 0.15) is 71.6 Å². The lowest BCUT2D eigenvalue weighted by atomic mass is 10.1. The van der Waals surface area contributed by atoms with Crippen LogP contribution >= 0.6 is 0 Å². The molecule has 0 spiro atoms. The van der Waals surface area contributed by atoms with Crippen molar-refractivity contribution in [1.29, 1.82) is 0 Å². The zero-order valence-corrected chi connectivity index (χ0v) is 10.8. The molecule has 1 N–H and O–H groups in total. The minimum atomic E-state index is -0.743. The number of hydrogen-bond acceptors (Lipinski definition) is 1. The van der Waals surface area contributed by atoms with Crippen LogP contribution in [0.25, 0.3) is 0 Å². The molecular weight excluding hydrogens is 200 g/mol. The van der Waals surface area contributed by atoms with Crippen molar-refractivity contribution in [3.8, 4) is 0 Å². The summed E-state index contributed by atoms with van der Waals surface area (Å²) >= 11 is 0. The third-order valence-electron chi connectivity index (χ3n) is 2.74. The Bertz CT molecular complexity index is 207. The summed E-state index contributed by atoms with van der Waals surface area (Å²) in [6, 6.07) is 0. The van der Waals surface area contributed by atoms with E-state index in [4.69, 9.17) is 5.11 Å². The molecule has 0 aromatic rings. The maximum atomic E-state index is 10.8. The number of hydrogen-bond donors (Lipinski definition) is 1. The Morgan fingerprint density at radius 1 is 1.00 bits per heavy atom. The third-order valence-corrected chi connectivity index (χ3v) is 2.74. The van der Waals surface area contributed by atoms with E-state index in [1.165, 1.54) is 32.1 Å². The standard InChI is InChI=1S/C14H26O2/c1-3-5-6-7-8-9-10-12-13(11-4-2)14(15)16/h12H,3-11H2,1-2H3,(H,15,16). The zero-order valence-electron chi connectivity index (χ0n) is 10.8. The predicted octanol–water partition coefficient (Wildman–Crippen LogP) is 4.55. The van der Waals surface area contributed by atoms with Crippen molar-refractivity contribution < 1.29 is 9.90 Å². The van der Waals surface area contributed by atoms with Crippen molar-refractivity contribution in [2.75, 3.05) is 0 Å². The van der Waals surface area contributed by atoms with Crippen molar-refractivity contribution in [3.63, 3.8) is 0 Å². The van der Waals surface area contributed by atoms with E-state index < -0.39 is 5.97 Å². The van der Waals surface area contributed by atoms with Crippen LogP contribution < -0.4 is 0 Å². The minimum absolute atomic E-state index is 0.594. The molecule has 0 aliphatic heterocycles. The van der Waals surface area contributed by atoms with Gasteiger partial charge < -0.3 is 5.11 Å². The third kappa shape index (κ3) is 8.51. The van der Waals surface area contributed by atoms with Crippen LogP contribution in [0.5, 0.6) is 0 Å². The summed E-state index contributed by atoms with van der Waals surface area (Å²) in [4.78, 5) is 10.8. The summed E-state index contributed by atoms with van der Waals surface area (Å²) in [5.74, 6) is -0.743. The van der Waals surface area contributed by atoms with Gasteiger partial charge in [0.05, 0.1) is 0 Å². The highest BCUT2D eigenvalue weighted by Crippen LogP contribution is 2.11. The van der Waals surface area contributed by atoms with Gasteiger partial charge in [0, 0.05) is 5.57 Å². The molecule has 0 saturated heterocycles. The van der Waals surface area contributed by atoms with Crippen molar-refractivity contribution >= 4 is 5.97 Å². The van der Waals surface area contributed by atoms with E-state index in [0.29, 0.717) is 12.0 Å². The molecule has 0 aromatic heterocycles. The van der Waals surface area contributed by atoms with Gasteiger partial charge in [0.1, 0.15) is 0 Å². The van der Waals surface area contributed by atoms with Gasteiger partial charge in [-0.05, 0) is 19.3 Å². The molecule has 0 fully saturated rings. The fourth-order valence-electron chi connectivity index (χ4n) is 1.77. The molecule has 0 bridgehead atoms. The maximum Gasteiger partial charge on any atom is 0.331 e. The lowest BCUT2D eigenvalue weighted by Gasteiger charge is -2.01. The van der Waals surface area contributed by atoms with Crippen molar-refractivity contribution in [2.24, 2.45) is 0 Å². The molecule has 0 amide bonds. The van der Waals surface area contributed by atoms with Crippen LogP contribution in [0.4, 0.5) is 0 Å². The first-order chi connectivity index (χ1) is 7.72. The molecular formula is C14H26O2. The SMILES string of the molecule is CCCCCCCCC=C(CCC)C(=O)O. The van der Waals surface area contributed by atoms with Gasteiger partial charge in [0.2, 0.25) is 0 Å². The second-order valence-electron chi connectivity index (χ2n) is 4.34. The van der Waals surface area contributed by atoms with Gasteiger partial charge in [-0.25, -0.2) is 4.79 Å². The first-order valence-electron chi connectivity index (χ1n) is 6.64. The Morgan fingerprint density at radius 2 is 1.62 bits per heavy atom. The molecule has 2 nitrogen and oxygen atoms in total. The molecule has 94 valence electrons. The fraction of sp³-hybridized carbons (Fsp3) is 0.786. The van der Waals surface area contributed by atoms with Crippen LogP contribution in [0.2, 0.25) is 0 Å². The van der Waals surface area contributed by atoms with Crippen LogP contribution in [-0.2, 0) is 4.79 Å². The summed E-state index contributed by atoms with van der Waals surface area (Å²) in [6.07, 6.45) is 12.0. The fourth-order valence-corrected chi connectivity index (χ4v) is 1.77.